The van der Waals surface area contributed by atoms with Gasteiger partial charge in [0, 0.05) is 18.3 Å². The molecule has 3 nitrogen and oxygen atoms in total. The molecular formula is C14H27NO2S. The topological polar surface area (TPSA) is 46.2 Å². The highest BCUT2D eigenvalue weighted by Crippen LogP contribution is 2.31. The summed E-state index contributed by atoms with van der Waals surface area (Å²) in [5.74, 6) is 1.54. The molecule has 4 atom stereocenters. The summed E-state index contributed by atoms with van der Waals surface area (Å²) in [6.07, 6.45) is 8.04. The second-order valence-corrected chi connectivity index (χ2v) is 8.95. The van der Waals surface area contributed by atoms with E-state index < -0.39 is 9.84 Å². The molecule has 2 rings (SSSR count). The summed E-state index contributed by atoms with van der Waals surface area (Å²) in [4.78, 5) is 0. The SMILES string of the molecule is CC1CC(C)CC(NC2CCCC2S(C)(=O)=O)C1. The Morgan fingerprint density at radius 3 is 2.17 bits per heavy atom. The molecule has 4 unspecified atom stereocenters. The van der Waals surface area contributed by atoms with Crippen molar-refractivity contribution >= 4 is 9.84 Å². The van der Waals surface area contributed by atoms with Gasteiger partial charge in [0.2, 0.25) is 0 Å². The lowest BCUT2D eigenvalue weighted by Crippen LogP contribution is -2.47. The van der Waals surface area contributed by atoms with Crippen molar-refractivity contribution in [3.63, 3.8) is 0 Å². The highest BCUT2D eigenvalue weighted by molar-refractivity contribution is 7.91. The van der Waals surface area contributed by atoms with Gasteiger partial charge in [-0.15, -0.1) is 0 Å². The van der Waals surface area contributed by atoms with E-state index in [0.29, 0.717) is 6.04 Å². The highest BCUT2D eigenvalue weighted by Gasteiger charge is 2.36. The molecule has 0 aromatic rings. The van der Waals surface area contributed by atoms with E-state index in [-0.39, 0.29) is 11.3 Å². The molecule has 2 aliphatic carbocycles. The van der Waals surface area contributed by atoms with Crippen LogP contribution < -0.4 is 5.32 Å². The molecule has 18 heavy (non-hydrogen) atoms. The zero-order chi connectivity index (χ0) is 13.3. The maximum atomic E-state index is 11.8. The maximum absolute atomic E-state index is 11.8. The van der Waals surface area contributed by atoms with E-state index in [1.165, 1.54) is 25.5 Å². The third-order valence-corrected chi connectivity index (χ3v) is 6.29. The van der Waals surface area contributed by atoms with Crippen molar-refractivity contribution in [2.24, 2.45) is 11.8 Å². The van der Waals surface area contributed by atoms with E-state index in [1.807, 2.05) is 0 Å². The minimum atomic E-state index is -2.89. The van der Waals surface area contributed by atoms with Gasteiger partial charge in [0.25, 0.3) is 0 Å². The first-order chi connectivity index (χ1) is 8.36. The molecule has 2 saturated carbocycles. The normalized spacial score (nSPS) is 42.1. The standard InChI is InChI=1S/C14H27NO2S/c1-10-7-11(2)9-12(8-10)15-13-5-4-6-14(13)18(3,16)17/h10-15H,4-9H2,1-3H3. The van der Waals surface area contributed by atoms with E-state index in [9.17, 15) is 8.42 Å². The zero-order valence-corrected chi connectivity index (χ0v) is 12.7. The quantitative estimate of drug-likeness (QED) is 0.858. The van der Waals surface area contributed by atoms with Gasteiger partial charge in [-0.05, 0) is 43.9 Å². The minimum absolute atomic E-state index is 0.148. The lowest BCUT2D eigenvalue weighted by molar-refractivity contribution is 0.226. The molecule has 0 aliphatic heterocycles. The van der Waals surface area contributed by atoms with E-state index in [0.717, 1.165) is 31.1 Å². The van der Waals surface area contributed by atoms with Gasteiger partial charge in [0.1, 0.15) is 0 Å². The summed E-state index contributed by atoms with van der Waals surface area (Å²) in [5.41, 5.74) is 0. The first-order valence-electron chi connectivity index (χ1n) is 7.31. The molecule has 0 radical (unpaired) electrons. The Hall–Kier alpha value is -0.0900. The molecule has 2 fully saturated rings. The van der Waals surface area contributed by atoms with E-state index in [4.69, 9.17) is 0 Å². The highest BCUT2D eigenvalue weighted by atomic mass is 32.2. The number of hydrogen-bond acceptors (Lipinski definition) is 3. The lowest BCUT2D eigenvalue weighted by Gasteiger charge is -2.35. The molecule has 0 amide bonds. The van der Waals surface area contributed by atoms with Crippen LogP contribution in [-0.4, -0.2) is 32.0 Å². The van der Waals surface area contributed by atoms with Crippen molar-refractivity contribution < 1.29 is 8.42 Å². The van der Waals surface area contributed by atoms with Gasteiger partial charge in [0.15, 0.2) is 9.84 Å². The van der Waals surface area contributed by atoms with Gasteiger partial charge in [-0.2, -0.15) is 0 Å². The van der Waals surface area contributed by atoms with Crippen LogP contribution in [0.15, 0.2) is 0 Å². The van der Waals surface area contributed by atoms with Crippen LogP contribution in [0.25, 0.3) is 0 Å². The summed E-state index contributed by atoms with van der Waals surface area (Å²) in [5, 5.41) is 3.51. The van der Waals surface area contributed by atoms with Crippen molar-refractivity contribution in [2.45, 2.75) is 69.7 Å². The molecule has 106 valence electrons. The minimum Gasteiger partial charge on any atom is -0.310 e. The fourth-order valence-electron chi connectivity index (χ4n) is 4.01. The maximum Gasteiger partial charge on any atom is 0.151 e. The third-order valence-electron chi connectivity index (χ3n) is 4.63. The van der Waals surface area contributed by atoms with Crippen LogP contribution in [0.5, 0.6) is 0 Å². The summed E-state index contributed by atoms with van der Waals surface area (Å²) in [7, 11) is -2.89. The number of nitrogens with one attached hydrogen (secondary N) is 1. The lowest BCUT2D eigenvalue weighted by atomic mass is 9.80. The van der Waals surface area contributed by atoms with Crippen LogP contribution in [0, 0.1) is 11.8 Å². The number of rotatable bonds is 3. The smallest absolute Gasteiger partial charge is 0.151 e. The van der Waals surface area contributed by atoms with Crippen LogP contribution in [0.1, 0.15) is 52.4 Å². The first-order valence-corrected chi connectivity index (χ1v) is 9.26. The Labute approximate surface area is 112 Å². The molecule has 0 aromatic carbocycles. The van der Waals surface area contributed by atoms with Gasteiger partial charge in [-0.1, -0.05) is 20.3 Å². The molecule has 2 aliphatic rings. The van der Waals surface area contributed by atoms with Crippen molar-refractivity contribution in [3.05, 3.63) is 0 Å². The Morgan fingerprint density at radius 1 is 1.00 bits per heavy atom. The second-order valence-electron chi connectivity index (χ2n) is 6.69. The molecule has 0 heterocycles. The number of sulfone groups is 1. The molecular weight excluding hydrogens is 246 g/mol. The van der Waals surface area contributed by atoms with E-state index >= 15 is 0 Å². The molecule has 0 saturated heterocycles. The molecule has 0 bridgehead atoms. The average Bonchev–Trinajstić information content (AvgIpc) is 2.63. The van der Waals surface area contributed by atoms with E-state index in [2.05, 4.69) is 19.2 Å². The predicted octanol–water partition coefficient (Wildman–Crippen LogP) is 2.37. The summed E-state index contributed by atoms with van der Waals surface area (Å²) in [6.45, 7) is 4.63. The molecule has 0 aromatic heterocycles. The van der Waals surface area contributed by atoms with Gasteiger partial charge in [-0.3, -0.25) is 0 Å². The largest absolute Gasteiger partial charge is 0.310 e. The van der Waals surface area contributed by atoms with Gasteiger partial charge >= 0.3 is 0 Å². The average molecular weight is 273 g/mol. The third kappa shape index (κ3) is 3.47. The van der Waals surface area contributed by atoms with Gasteiger partial charge < -0.3 is 5.32 Å². The van der Waals surface area contributed by atoms with Gasteiger partial charge in [-0.25, -0.2) is 8.42 Å². The number of hydrogen-bond donors (Lipinski definition) is 1. The predicted molar refractivity (Wildman–Crippen MR) is 75.4 cm³/mol. The first kappa shape index (κ1) is 14.3. The summed E-state index contributed by atoms with van der Waals surface area (Å²) in [6, 6.07) is 0.721. The van der Waals surface area contributed by atoms with Crippen LogP contribution in [0.3, 0.4) is 0 Å². The fraction of sp³-hybridized carbons (Fsp3) is 1.00. The van der Waals surface area contributed by atoms with Crippen LogP contribution in [-0.2, 0) is 9.84 Å². The zero-order valence-electron chi connectivity index (χ0n) is 11.9. The Morgan fingerprint density at radius 2 is 1.61 bits per heavy atom. The van der Waals surface area contributed by atoms with Crippen molar-refractivity contribution in [2.75, 3.05) is 6.26 Å². The Balaban J connectivity index is 1.96. The van der Waals surface area contributed by atoms with Crippen LogP contribution >= 0.6 is 0 Å². The van der Waals surface area contributed by atoms with Gasteiger partial charge in [0.05, 0.1) is 5.25 Å². The van der Waals surface area contributed by atoms with E-state index in [1.54, 1.807) is 0 Å². The van der Waals surface area contributed by atoms with Crippen molar-refractivity contribution in [1.82, 2.24) is 5.32 Å². The summed E-state index contributed by atoms with van der Waals surface area (Å²) >= 11 is 0. The van der Waals surface area contributed by atoms with Crippen molar-refractivity contribution in [3.8, 4) is 0 Å². The summed E-state index contributed by atoms with van der Waals surface area (Å²) < 4.78 is 23.5. The molecule has 4 heteroatoms. The fourth-order valence-corrected chi connectivity index (χ4v) is 5.42. The Kier molecular flexibility index (Phi) is 4.37. The second kappa shape index (κ2) is 5.49. The van der Waals surface area contributed by atoms with Crippen LogP contribution in [0.4, 0.5) is 0 Å². The van der Waals surface area contributed by atoms with Crippen molar-refractivity contribution in [1.29, 1.82) is 0 Å². The molecule has 1 N–H and O–H groups in total. The molecule has 0 spiro atoms. The van der Waals surface area contributed by atoms with Crippen LogP contribution in [0.2, 0.25) is 0 Å². The Bertz CT molecular complexity index is 369. The monoisotopic (exact) mass is 273 g/mol.